The molecule has 6 rings (SSSR count). The Morgan fingerprint density at radius 1 is 0.898 bits per heavy atom. The molecule has 9 nitrogen and oxygen atoms in total. The number of ether oxygens (including phenoxy) is 1. The SMILES string of the molecule is CS(=O)(=O)OC(C(c1ccccc1)c1ccccc1F)C1CCCN1C(=O)c1nn(Cc2ccccc2)cc(OCc2ccccc2)c1=O. The molecule has 1 amide bonds. The van der Waals surface area contributed by atoms with Gasteiger partial charge in [-0.15, -0.1) is 0 Å². The van der Waals surface area contributed by atoms with Crippen LogP contribution in [0.25, 0.3) is 0 Å². The van der Waals surface area contributed by atoms with Crippen LogP contribution in [0.3, 0.4) is 0 Å². The molecule has 252 valence electrons. The van der Waals surface area contributed by atoms with Crippen LogP contribution in [0.2, 0.25) is 0 Å². The maximum Gasteiger partial charge on any atom is 0.278 e. The Hall–Kier alpha value is -5.13. The number of aromatic nitrogens is 2. The maximum atomic E-state index is 15.5. The Morgan fingerprint density at radius 2 is 1.51 bits per heavy atom. The maximum absolute atomic E-state index is 15.5. The van der Waals surface area contributed by atoms with Gasteiger partial charge in [0.15, 0.2) is 11.4 Å². The van der Waals surface area contributed by atoms with Crippen molar-refractivity contribution in [3.8, 4) is 5.75 Å². The first-order valence-electron chi connectivity index (χ1n) is 16.0. The topological polar surface area (TPSA) is 108 Å². The monoisotopic (exact) mass is 681 g/mol. The summed E-state index contributed by atoms with van der Waals surface area (Å²) in [7, 11) is -4.10. The van der Waals surface area contributed by atoms with E-state index in [9.17, 15) is 18.0 Å². The lowest BCUT2D eigenvalue weighted by molar-refractivity contribution is 0.0524. The molecule has 2 heterocycles. The summed E-state index contributed by atoms with van der Waals surface area (Å²) < 4.78 is 54.3. The van der Waals surface area contributed by atoms with Gasteiger partial charge in [-0.25, -0.2) is 4.39 Å². The molecule has 1 aliphatic heterocycles. The van der Waals surface area contributed by atoms with Crippen molar-refractivity contribution in [2.45, 2.75) is 44.1 Å². The van der Waals surface area contributed by atoms with E-state index in [-0.39, 0.29) is 36.7 Å². The molecule has 3 atom stereocenters. The van der Waals surface area contributed by atoms with Gasteiger partial charge in [0.05, 0.1) is 25.0 Å². The van der Waals surface area contributed by atoms with Gasteiger partial charge in [0, 0.05) is 12.5 Å². The molecule has 5 aromatic rings. The van der Waals surface area contributed by atoms with Crippen molar-refractivity contribution >= 4 is 16.0 Å². The van der Waals surface area contributed by atoms with Crippen LogP contribution in [-0.2, 0) is 27.5 Å². The van der Waals surface area contributed by atoms with Gasteiger partial charge < -0.3 is 9.64 Å². The Bertz CT molecular complexity index is 2060. The highest BCUT2D eigenvalue weighted by Crippen LogP contribution is 2.38. The van der Waals surface area contributed by atoms with Crippen molar-refractivity contribution in [1.29, 1.82) is 0 Å². The van der Waals surface area contributed by atoms with Gasteiger partial charge in [0.25, 0.3) is 21.5 Å². The van der Waals surface area contributed by atoms with Crippen LogP contribution >= 0.6 is 0 Å². The van der Waals surface area contributed by atoms with Gasteiger partial charge in [0.2, 0.25) is 0 Å². The van der Waals surface area contributed by atoms with E-state index in [0.29, 0.717) is 18.4 Å². The largest absolute Gasteiger partial charge is 0.483 e. The quantitative estimate of drug-likeness (QED) is 0.154. The van der Waals surface area contributed by atoms with Gasteiger partial charge in [-0.3, -0.25) is 18.5 Å². The summed E-state index contributed by atoms with van der Waals surface area (Å²) in [5.74, 6) is -2.19. The number of rotatable bonds is 12. The van der Waals surface area contributed by atoms with Crippen molar-refractivity contribution in [3.05, 3.63) is 165 Å². The number of carbonyl (C=O) groups is 1. The first-order valence-corrected chi connectivity index (χ1v) is 17.8. The standard InChI is InChI=1S/C38H36FN3O6S/c1-49(45,46)48-37(34(29-18-9-4-10-19-29)30-20-11-12-21-31(30)39)32-22-13-23-42(32)38(44)35-36(43)33(47-26-28-16-7-3-8-17-28)25-41(40-35)24-27-14-5-2-6-15-27/h2-12,14-21,25,32,34,37H,13,22-24,26H2,1H3. The lowest BCUT2D eigenvalue weighted by Crippen LogP contribution is -2.48. The van der Waals surface area contributed by atoms with Crippen LogP contribution in [0.1, 0.15) is 51.5 Å². The van der Waals surface area contributed by atoms with E-state index in [1.54, 1.807) is 48.5 Å². The summed E-state index contributed by atoms with van der Waals surface area (Å²) in [6.07, 6.45) is 2.05. The number of benzene rings is 4. The third-order valence-electron chi connectivity index (χ3n) is 8.51. The van der Waals surface area contributed by atoms with E-state index in [1.807, 2.05) is 60.7 Å². The minimum Gasteiger partial charge on any atom is -0.483 e. The van der Waals surface area contributed by atoms with E-state index in [0.717, 1.165) is 17.4 Å². The van der Waals surface area contributed by atoms with Crippen molar-refractivity contribution < 1.29 is 26.5 Å². The first kappa shape index (κ1) is 33.8. The molecule has 1 aliphatic rings. The minimum absolute atomic E-state index is 0.0497. The molecule has 0 N–H and O–H groups in total. The van der Waals surface area contributed by atoms with Crippen LogP contribution in [0.5, 0.6) is 5.75 Å². The van der Waals surface area contributed by atoms with E-state index >= 15 is 4.39 Å². The lowest BCUT2D eigenvalue weighted by atomic mass is 9.82. The number of nitrogens with zero attached hydrogens (tertiary/aromatic N) is 3. The molecule has 4 aromatic carbocycles. The Balaban J connectivity index is 1.41. The molecule has 0 radical (unpaired) electrons. The second kappa shape index (κ2) is 15.0. The van der Waals surface area contributed by atoms with E-state index < -0.39 is 45.3 Å². The molecule has 1 fully saturated rings. The van der Waals surface area contributed by atoms with Crippen molar-refractivity contribution in [2.24, 2.45) is 0 Å². The van der Waals surface area contributed by atoms with Gasteiger partial charge in [-0.05, 0) is 41.2 Å². The number of carbonyl (C=O) groups excluding carboxylic acids is 1. The number of likely N-dealkylation sites (tertiary alicyclic amines) is 1. The van der Waals surface area contributed by atoms with E-state index in [1.165, 1.54) is 21.8 Å². The van der Waals surface area contributed by atoms with Crippen LogP contribution in [0.15, 0.2) is 126 Å². The third-order valence-corrected chi connectivity index (χ3v) is 9.09. The highest BCUT2D eigenvalue weighted by atomic mass is 32.2. The molecule has 1 saturated heterocycles. The average Bonchev–Trinajstić information content (AvgIpc) is 3.59. The summed E-state index contributed by atoms with van der Waals surface area (Å²) in [5, 5.41) is 4.49. The zero-order valence-electron chi connectivity index (χ0n) is 26.9. The molecule has 0 aliphatic carbocycles. The van der Waals surface area contributed by atoms with Crippen molar-refractivity contribution in [2.75, 3.05) is 12.8 Å². The predicted octanol–water partition coefficient (Wildman–Crippen LogP) is 5.79. The molecule has 3 unspecified atom stereocenters. The summed E-state index contributed by atoms with van der Waals surface area (Å²) in [5.41, 5.74) is 1.50. The van der Waals surface area contributed by atoms with Gasteiger partial charge >= 0.3 is 0 Å². The molecule has 1 aromatic heterocycles. The van der Waals surface area contributed by atoms with Gasteiger partial charge in [0.1, 0.15) is 18.5 Å². The van der Waals surface area contributed by atoms with E-state index in [2.05, 4.69) is 5.10 Å². The smallest absolute Gasteiger partial charge is 0.278 e. The molecule has 0 spiro atoms. The Morgan fingerprint density at radius 3 is 2.16 bits per heavy atom. The second-order valence-electron chi connectivity index (χ2n) is 12.0. The molecular formula is C38H36FN3O6S. The zero-order chi connectivity index (χ0) is 34.4. The summed E-state index contributed by atoms with van der Waals surface area (Å²) in [4.78, 5) is 29.8. The molecule has 0 saturated carbocycles. The highest BCUT2D eigenvalue weighted by molar-refractivity contribution is 7.86. The fourth-order valence-electron chi connectivity index (χ4n) is 6.34. The lowest BCUT2D eigenvalue weighted by Gasteiger charge is -2.36. The Labute approximate surface area is 284 Å². The second-order valence-corrected chi connectivity index (χ2v) is 13.6. The van der Waals surface area contributed by atoms with Crippen LogP contribution < -0.4 is 10.2 Å². The summed E-state index contributed by atoms with van der Waals surface area (Å²) in [6, 6.07) is 33.0. The fraction of sp³-hybridized carbons (Fsp3) is 0.237. The zero-order valence-corrected chi connectivity index (χ0v) is 27.7. The van der Waals surface area contributed by atoms with Crippen LogP contribution in [0.4, 0.5) is 4.39 Å². The number of hydrogen-bond acceptors (Lipinski definition) is 7. The van der Waals surface area contributed by atoms with Crippen molar-refractivity contribution in [1.82, 2.24) is 14.7 Å². The third kappa shape index (κ3) is 8.13. The predicted molar refractivity (Wildman–Crippen MR) is 183 cm³/mol. The van der Waals surface area contributed by atoms with E-state index in [4.69, 9.17) is 8.92 Å². The fourth-order valence-corrected chi connectivity index (χ4v) is 6.99. The van der Waals surface area contributed by atoms with Gasteiger partial charge in [-0.1, -0.05) is 109 Å². The van der Waals surface area contributed by atoms with Crippen LogP contribution in [0, 0.1) is 5.82 Å². The number of hydrogen-bond donors (Lipinski definition) is 0. The first-order chi connectivity index (χ1) is 23.7. The summed E-state index contributed by atoms with van der Waals surface area (Å²) >= 11 is 0. The van der Waals surface area contributed by atoms with Gasteiger partial charge in [-0.2, -0.15) is 13.5 Å². The molecule has 11 heteroatoms. The minimum atomic E-state index is -4.10. The molecule has 0 bridgehead atoms. The Kier molecular flexibility index (Phi) is 10.3. The highest BCUT2D eigenvalue weighted by Gasteiger charge is 2.44. The molecular weight excluding hydrogens is 645 g/mol. The normalized spacial score (nSPS) is 15.9. The summed E-state index contributed by atoms with van der Waals surface area (Å²) in [6.45, 7) is 0.563. The van der Waals surface area contributed by atoms with Crippen molar-refractivity contribution in [3.63, 3.8) is 0 Å². The van der Waals surface area contributed by atoms with Crippen LogP contribution in [-0.4, -0.2) is 54.0 Å². The number of halogens is 1. The average molecular weight is 682 g/mol. The molecule has 49 heavy (non-hydrogen) atoms. The number of amides is 1.